The largest absolute Gasteiger partial charge is 0.462 e. The zero-order valence-corrected chi connectivity index (χ0v) is 24.6. The van der Waals surface area contributed by atoms with E-state index in [1.54, 1.807) is 25.1 Å². The van der Waals surface area contributed by atoms with Crippen LogP contribution in [0.15, 0.2) is 53.2 Å². The van der Waals surface area contributed by atoms with Gasteiger partial charge in [-0.1, -0.05) is 41.0 Å². The van der Waals surface area contributed by atoms with Crippen molar-refractivity contribution in [2.75, 3.05) is 6.79 Å². The van der Waals surface area contributed by atoms with Gasteiger partial charge in [-0.05, 0) is 43.7 Å². The molecule has 2 saturated heterocycles. The summed E-state index contributed by atoms with van der Waals surface area (Å²) in [4.78, 5) is 18.2. The number of aliphatic hydroxyl groups is 4. The smallest absolute Gasteiger partial charge is 0.247 e. The molecular formula is C30H34ClFN2O10. The van der Waals surface area contributed by atoms with Gasteiger partial charge in [0.2, 0.25) is 12.2 Å². The average molecular weight is 637 g/mol. The van der Waals surface area contributed by atoms with E-state index in [1.165, 1.54) is 25.1 Å². The first-order valence-electron chi connectivity index (χ1n) is 14.0. The van der Waals surface area contributed by atoms with E-state index in [2.05, 4.69) is 10.5 Å². The lowest BCUT2D eigenvalue weighted by Gasteiger charge is -2.41. The van der Waals surface area contributed by atoms with Crippen LogP contribution >= 0.6 is 11.6 Å². The minimum absolute atomic E-state index is 0.0642. The van der Waals surface area contributed by atoms with Gasteiger partial charge in [-0.3, -0.25) is 4.79 Å². The number of carbonyl (C=O) groups is 1. The van der Waals surface area contributed by atoms with Crippen LogP contribution in [-0.4, -0.2) is 93.9 Å². The molecule has 0 spiro atoms. The number of aliphatic hydroxyl groups excluding tert-OH is 4. The van der Waals surface area contributed by atoms with E-state index in [0.717, 1.165) is 11.6 Å². The minimum atomic E-state index is -1.49. The van der Waals surface area contributed by atoms with E-state index >= 15 is 0 Å². The third kappa shape index (κ3) is 7.05. The normalized spacial score (nSPS) is 32.3. The third-order valence-electron chi connectivity index (χ3n) is 7.74. The Morgan fingerprint density at radius 3 is 2.55 bits per heavy atom. The second-order valence-electron chi connectivity index (χ2n) is 10.9. The van der Waals surface area contributed by atoms with E-state index in [4.69, 9.17) is 35.4 Å². The van der Waals surface area contributed by atoms with Crippen LogP contribution in [0.3, 0.4) is 0 Å². The number of nitrogens with one attached hydrogen (secondary N) is 1. The Bertz CT molecular complexity index is 1410. The average Bonchev–Trinajstić information content (AvgIpc) is 3.63. The highest BCUT2D eigenvalue weighted by Crippen LogP contribution is 2.31. The molecule has 2 heterocycles. The molecule has 5 N–H and O–H groups in total. The predicted octanol–water partition coefficient (Wildman–Crippen LogP) is 1.65. The van der Waals surface area contributed by atoms with Crippen LogP contribution < -0.4 is 10.1 Å². The maximum Gasteiger partial charge on any atom is 0.247 e. The number of hydrogen-bond donors (Lipinski definition) is 5. The lowest BCUT2D eigenvalue weighted by molar-refractivity contribution is -0.155. The van der Waals surface area contributed by atoms with E-state index in [9.17, 15) is 29.6 Å². The summed E-state index contributed by atoms with van der Waals surface area (Å²) < 4.78 is 36.9. The zero-order chi connectivity index (χ0) is 31.5. The number of fused-ring (bicyclic) bond motifs is 1. The maximum atomic E-state index is 15.0. The van der Waals surface area contributed by atoms with Gasteiger partial charge in [0, 0.05) is 22.6 Å². The summed E-state index contributed by atoms with van der Waals surface area (Å²) in [5.74, 6) is -1.50. The van der Waals surface area contributed by atoms with Crippen LogP contribution in [0.2, 0.25) is 5.02 Å². The van der Waals surface area contributed by atoms with Gasteiger partial charge in [0.1, 0.15) is 50.0 Å². The Labute approximate surface area is 257 Å². The van der Waals surface area contributed by atoms with Crippen LogP contribution in [0.25, 0.3) is 6.08 Å². The second kappa shape index (κ2) is 13.9. The Morgan fingerprint density at radius 2 is 1.82 bits per heavy atom. The standard InChI is InChI=1S/C30H34ClFN2O10/c1-14(30(39)33-23-24(36)26(38)29-28(25(23)37)40-13-41-29)9-16-7-8-21(19(32)10-16)43-22-11-20(35)27(44-22)15(2)34-42-12-17-5-3-4-6-18(17)31/h3-10,20,22-29,35-38H,11-13H2,1-2H3,(H,33,39)/b14-9+,34-15-/t20-,22+,23+,24-,25+,26+,27+,28-,29+/m0/s1. The van der Waals surface area contributed by atoms with Crippen LogP contribution in [0.5, 0.6) is 5.75 Å². The first-order valence-corrected chi connectivity index (χ1v) is 14.4. The molecule has 14 heteroatoms. The lowest BCUT2D eigenvalue weighted by atomic mass is 9.83. The van der Waals surface area contributed by atoms with Crippen molar-refractivity contribution in [1.29, 1.82) is 0 Å². The topological polar surface area (TPSA) is 169 Å². The van der Waals surface area contributed by atoms with Crippen LogP contribution in [-0.2, 0) is 30.4 Å². The highest BCUT2D eigenvalue weighted by atomic mass is 35.5. The molecule has 2 aliphatic heterocycles. The molecule has 0 unspecified atom stereocenters. The van der Waals surface area contributed by atoms with Crippen LogP contribution in [0, 0.1) is 5.82 Å². The molecule has 3 fully saturated rings. The molecule has 3 aliphatic rings. The van der Waals surface area contributed by atoms with Gasteiger partial charge >= 0.3 is 0 Å². The van der Waals surface area contributed by atoms with Gasteiger partial charge in [-0.25, -0.2) is 4.39 Å². The fourth-order valence-corrected chi connectivity index (χ4v) is 5.53. The van der Waals surface area contributed by atoms with Crippen molar-refractivity contribution in [2.24, 2.45) is 5.16 Å². The SMILES string of the molecule is C/C(=N/OCc1ccccc1Cl)[C@H]1O[C@@H](Oc2ccc(/C=C(\C)C(=O)N[C@@H]3[C@H](O)[C@@H](O)[C@H]4OCO[C@H]4[C@@H]3O)cc2F)C[C@@H]1O. The maximum absolute atomic E-state index is 15.0. The summed E-state index contributed by atoms with van der Waals surface area (Å²) in [6.45, 7) is 3.09. The van der Waals surface area contributed by atoms with E-state index in [0.29, 0.717) is 16.3 Å². The lowest BCUT2D eigenvalue weighted by Crippen LogP contribution is -2.67. The molecular weight excluding hydrogens is 603 g/mol. The number of carbonyl (C=O) groups excluding carboxylic acids is 1. The predicted molar refractivity (Wildman–Crippen MR) is 154 cm³/mol. The van der Waals surface area contributed by atoms with Crippen molar-refractivity contribution in [2.45, 2.75) is 81.9 Å². The molecule has 44 heavy (non-hydrogen) atoms. The van der Waals surface area contributed by atoms with Gasteiger partial charge in [-0.15, -0.1) is 0 Å². The van der Waals surface area contributed by atoms with Crippen molar-refractivity contribution < 1.29 is 53.4 Å². The molecule has 0 bridgehead atoms. The number of halogens is 2. The van der Waals surface area contributed by atoms with Crippen molar-refractivity contribution in [3.05, 3.63) is 70.0 Å². The molecule has 0 radical (unpaired) electrons. The third-order valence-corrected chi connectivity index (χ3v) is 8.11. The van der Waals surface area contributed by atoms with Gasteiger partial charge in [-0.2, -0.15) is 0 Å². The Hall–Kier alpha value is -3.14. The summed E-state index contributed by atoms with van der Waals surface area (Å²) in [7, 11) is 0. The molecule has 9 atom stereocenters. The molecule has 0 aromatic heterocycles. The highest BCUT2D eigenvalue weighted by Gasteiger charge is 2.53. The number of rotatable bonds is 9. The second-order valence-corrected chi connectivity index (χ2v) is 11.3. The summed E-state index contributed by atoms with van der Waals surface area (Å²) in [5.41, 5.74) is 1.61. The summed E-state index contributed by atoms with van der Waals surface area (Å²) >= 11 is 6.12. The zero-order valence-electron chi connectivity index (χ0n) is 23.9. The summed E-state index contributed by atoms with van der Waals surface area (Å²) in [6, 6.07) is 10.0. The first-order chi connectivity index (χ1) is 21.0. The number of benzene rings is 2. The fraction of sp³-hybridized carbons (Fsp3) is 0.467. The molecule has 238 valence electrons. The van der Waals surface area contributed by atoms with Gasteiger partial charge < -0.3 is 49.5 Å². The monoisotopic (exact) mass is 636 g/mol. The number of hydrogen-bond acceptors (Lipinski definition) is 11. The number of ether oxygens (including phenoxy) is 4. The van der Waals surface area contributed by atoms with Crippen molar-refractivity contribution in [3.8, 4) is 5.75 Å². The van der Waals surface area contributed by atoms with E-state index in [-0.39, 0.29) is 31.1 Å². The van der Waals surface area contributed by atoms with Crippen molar-refractivity contribution >= 4 is 29.3 Å². The first kappa shape index (κ1) is 32.3. The van der Waals surface area contributed by atoms with Crippen LogP contribution in [0.1, 0.15) is 31.4 Å². The van der Waals surface area contributed by atoms with Gasteiger partial charge in [0.25, 0.3) is 0 Å². The molecule has 2 aromatic carbocycles. The molecule has 1 amide bonds. The number of oxime groups is 1. The Morgan fingerprint density at radius 1 is 1.09 bits per heavy atom. The fourth-order valence-electron chi connectivity index (χ4n) is 5.34. The number of nitrogens with zero attached hydrogens (tertiary/aromatic N) is 1. The minimum Gasteiger partial charge on any atom is -0.462 e. The summed E-state index contributed by atoms with van der Waals surface area (Å²) in [5, 5.41) is 48.8. The number of amides is 1. The van der Waals surface area contributed by atoms with Gasteiger partial charge in [0.15, 0.2) is 11.6 Å². The summed E-state index contributed by atoms with van der Waals surface area (Å²) in [6.07, 6.45) is -7.26. The Kier molecular flexibility index (Phi) is 10.2. The van der Waals surface area contributed by atoms with Crippen LogP contribution in [0.4, 0.5) is 4.39 Å². The van der Waals surface area contributed by atoms with Crippen molar-refractivity contribution in [1.82, 2.24) is 5.32 Å². The highest BCUT2D eigenvalue weighted by molar-refractivity contribution is 6.31. The molecule has 12 nitrogen and oxygen atoms in total. The molecule has 2 aromatic rings. The van der Waals surface area contributed by atoms with E-state index in [1.807, 2.05) is 6.07 Å². The van der Waals surface area contributed by atoms with E-state index < -0.39 is 66.8 Å². The molecule has 5 rings (SSSR count). The molecule has 1 aliphatic carbocycles. The van der Waals surface area contributed by atoms with Gasteiger partial charge in [0.05, 0.1) is 17.9 Å². The Balaban J connectivity index is 1.16. The quantitative estimate of drug-likeness (QED) is 0.155. The molecule has 1 saturated carbocycles. The van der Waals surface area contributed by atoms with Crippen molar-refractivity contribution in [3.63, 3.8) is 0 Å².